The van der Waals surface area contributed by atoms with Crippen molar-refractivity contribution in [2.75, 3.05) is 33.8 Å². The predicted molar refractivity (Wildman–Crippen MR) is 80.9 cm³/mol. The number of aliphatic hydroxyl groups excluding tert-OH is 1. The van der Waals surface area contributed by atoms with Crippen molar-refractivity contribution >= 4 is 5.91 Å². The maximum absolute atomic E-state index is 12.4. The maximum Gasteiger partial charge on any atom is 0.224 e. The topological polar surface area (TPSA) is 61.6 Å². The molecule has 6 heteroatoms. The molecular weight excluding hydrogens is 268 g/mol. The molecule has 1 aliphatic rings. The minimum atomic E-state index is 0.129. The molecule has 1 saturated heterocycles. The largest absolute Gasteiger partial charge is 0.396 e. The molecule has 0 bridgehead atoms. The summed E-state index contributed by atoms with van der Waals surface area (Å²) in [5, 5.41) is 13.8. The van der Waals surface area contributed by atoms with Gasteiger partial charge in [-0.1, -0.05) is 0 Å². The number of aromatic nitrogens is 2. The number of hydrogen-bond donors (Lipinski definition) is 1. The van der Waals surface area contributed by atoms with Gasteiger partial charge in [0.25, 0.3) is 0 Å². The van der Waals surface area contributed by atoms with Crippen molar-refractivity contribution in [3.8, 4) is 0 Å². The standard InChI is InChI=1S/C15H26N4O2/c1-11-7-12(2)19(16-11)6-5-15(21)18-8-13(10-20)14(9-18)17(3)4/h7,13-14,20H,5-6,8-10H2,1-4H3/t13-,14+/m0/s1. The molecule has 0 saturated carbocycles. The Bertz CT molecular complexity index is 498. The van der Waals surface area contributed by atoms with Crippen LogP contribution in [0.15, 0.2) is 6.07 Å². The van der Waals surface area contributed by atoms with Crippen molar-refractivity contribution in [2.45, 2.75) is 32.9 Å². The van der Waals surface area contributed by atoms with Crippen molar-refractivity contribution in [3.63, 3.8) is 0 Å². The Balaban J connectivity index is 1.91. The summed E-state index contributed by atoms with van der Waals surface area (Å²) >= 11 is 0. The fourth-order valence-corrected chi connectivity index (χ4v) is 3.08. The Kier molecular flexibility index (Phi) is 5.00. The van der Waals surface area contributed by atoms with Crippen LogP contribution in [0.25, 0.3) is 0 Å². The molecule has 1 aromatic rings. The van der Waals surface area contributed by atoms with E-state index in [1.165, 1.54) is 0 Å². The van der Waals surface area contributed by atoms with Gasteiger partial charge in [-0.25, -0.2) is 0 Å². The van der Waals surface area contributed by atoms with Gasteiger partial charge in [-0.05, 0) is 34.0 Å². The third kappa shape index (κ3) is 3.63. The minimum Gasteiger partial charge on any atom is -0.396 e. The number of amides is 1. The van der Waals surface area contributed by atoms with E-state index in [0.717, 1.165) is 11.4 Å². The Morgan fingerprint density at radius 2 is 2.14 bits per heavy atom. The van der Waals surface area contributed by atoms with Crippen LogP contribution in [-0.4, -0.2) is 70.4 Å². The van der Waals surface area contributed by atoms with Crippen LogP contribution in [0.3, 0.4) is 0 Å². The predicted octanol–water partition coefficient (Wildman–Crippen LogP) is 0.271. The molecule has 1 aliphatic heterocycles. The first-order valence-electron chi connectivity index (χ1n) is 7.48. The first-order chi connectivity index (χ1) is 9.92. The van der Waals surface area contributed by atoms with Crippen molar-refractivity contribution in [3.05, 3.63) is 17.5 Å². The lowest BCUT2D eigenvalue weighted by Crippen LogP contribution is -2.37. The van der Waals surface area contributed by atoms with E-state index in [2.05, 4.69) is 10.00 Å². The van der Waals surface area contributed by atoms with Crippen molar-refractivity contribution in [2.24, 2.45) is 5.92 Å². The van der Waals surface area contributed by atoms with Crippen LogP contribution in [0, 0.1) is 19.8 Å². The number of likely N-dealkylation sites (tertiary alicyclic amines) is 1. The molecular formula is C15H26N4O2. The van der Waals surface area contributed by atoms with Crippen LogP contribution in [-0.2, 0) is 11.3 Å². The van der Waals surface area contributed by atoms with E-state index < -0.39 is 0 Å². The summed E-state index contributed by atoms with van der Waals surface area (Å²) in [5.41, 5.74) is 2.07. The van der Waals surface area contributed by atoms with Crippen molar-refractivity contribution < 1.29 is 9.90 Å². The van der Waals surface area contributed by atoms with Gasteiger partial charge in [0.1, 0.15) is 0 Å². The molecule has 0 spiro atoms. The third-order valence-electron chi connectivity index (χ3n) is 4.30. The average Bonchev–Trinajstić information content (AvgIpc) is 2.99. The van der Waals surface area contributed by atoms with E-state index in [0.29, 0.717) is 26.1 Å². The molecule has 0 radical (unpaired) electrons. The molecule has 2 rings (SSSR count). The van der Waals surface area contributed by atoms with Gasteiger partial charge in [-0.15, -0.1) is 0 Å². The van der Waals surface area contributed by atoms with E-state index in [4.69, 9.17) is 0 Å². The zero-order chi connectivity index (χ0) is 15.6. The van der Waals surface area contributed by atoms with E-state index in [1.807, 2.05) is 43.6 Å². The smallest absolute Gasteiger partial charge is 0.224 e. The van der Waals surface area contributed by atoms with Crippen LogP contribution in [0.5, 0.6) is 0 Å². The van der Waals surface area contributed by atoms with Crippen LogP contribution in [0.1, 0.15) is 17.8 Å². The zero-order valence-corrected chi connectivity index (χ0v) is 13.4. The van der Waals surface area contributed by atoms with Crippen LogP contribution < -0.4 is 0 Å². The number of rotatable bonds is 5. The van der Waals surface area contributed by atoms with Crippen LogP contribution in [0.2, 0.25) is 0 Å². The molecule has 0 unspecified atom stereocenters. The molecule has 21 heavy (non-hydrogen) atoms. The Morgan fingerprint density at radius 3 is 2.62 bits per heavy atom. The quantitative estimate of drug-likeness (QED) is 0.847. The SMILES string of the molecule is Cc1cc(C)n(CCC(=O)N2C[C@@H](CO)[C@H](N(C)C)C2)n1. The Labute approximate surface area is 126 Å². The second kappa shape index (κ2) is 6.58. The van der Waals surface area contributed by atoms with Gasteiger partial charge < -0.3 is 14.9 Å². The molecule has 1 fully saturated rings. The van der Waals surface area contributed by atoms with Gasteiger partial charge in [0.2, 0.25) is 5.91 Å². The highest BCUT2D eigenvalue weighted by Gasteiger charge is 2.35. The van der Waals surface area contributed by atoms with E-state index in [9.17, 15) is 9.90 Å². The summed E-state index contributed by atoms with van der Waals surface area (Å²) < 4.78 is 1.89. The summed E-state index contributed by atoms with van der Waals surface area (Å²) in [6, 6.07) is 2.26. The van der Waals surface area contributed by atoms with Crippen LogP contribution >= 0.6 is 0 Å². The summed E-state index contributed by atoms with van der Waals surface area (Å²) in [6.07, 6.45) is 0.459. The van der Waals surface area contributed by atoms with Gasteiger partial charge >= 0.3 is 0 Å². The highest BCUT2D eigenvalue weighted by Crippen LogP contribution is 2.21. The normalized spacial score (nSPS) is 22.3. The van der Waals surface area contributed by atoms with Gasteiger partial charge in [-0.2, -0.15) is 5.10 Å². The first-order valence-corrected chi connectivity index (χ1v) is 7.48. The lowest BCUT2D eigenvalue weighted by atomic mass is 10.0. The Hall–Kier alpha value is -1.40. The highest BCUT2D eigenvalue weighted by molar-refractivity contribution is 5.76. The fraction of sp³-hybridized carbons (Fsp3) is 0.733. The highest BCUT2D eigenvalue weighted by atomic mass is 16.3. The minimum absolute atomic E-state index is 0.129. The van der Waals surface area contributed by atoms with E-state index >= 15 is 0 Å². The van der Waals surface area contributed by atoms with Gasteiger partial charge in [0.15, 0.2) is 0 Å². The van der Waals surface area contributed by atoms with Crippen molar-refractivity contribution in [1.29, 1.82) is 0 Å². The van der Waals surface area contributed by atoms with E-state index in [1.54, 1.807) is 0 Å². The number of carbonyl (C=O) groups is 1. The average molecular weight is 294 g/mol. The number of hydrogen-bond acceptors (Lipinski definition) is 4. The molecule has 1 amide bonds. The molecule has 0 aliphatic carbocycles. The lowest BCUT2D eigenvalue weighted by Gasteiger charge is -2.23. The lowest BCUT2D eigenvalue weighted by molar-refractivity contribution is -0.130. The first kappa shape index (κ1) is 16.0. The molecule has 1 N–H and O–H groups in total. The van der Waals surface area contributed by atoms with E-state index in [-0.39, 0.29) is 24.5 Å². The van der Waals surface area contributed by atoms with Crippen LogP contribution in [0.4, 0.5) is 0 Å². The summed E-state index contributed by atoms with van der Waals surface area (Å²) in [4.78, 5) is 16.3. The Morgan fingerprint density at radius 1 is 1.43 bits per heavy atom. The second-order valence-electron chi connectivity index (χ2n) is 6.17. The van der Waals surface area contributed by atoms with Gasteiger partial charge in [-0.3, -0.25) is 9.48 Å². The molecule has 6 nitrogen and oxygen atoms in total. The molecule has 1 aromatic heterocycles. The number of aliphatic hydroxyl groups is 1. The number of aryl methyl sites for hydroxylation is 3. The van der Waals surface area contributed by atoms with Gasteiger partial charge in [0.05, 0.1) is 5.69 Å². The summed E-state index contributed by atoms with van der Waals surface area (Å²) in [6.45, 7) is 6.06. The number of carbonyl (C=O) groups excluding carboxylic acids is 1. The summed E-state index contributed by atoms with van der Waals surface area (Å²) in [5.74, 6) is 0.294. The second-order valence-corrected chi connectivity index (χ2v) is 6.17. The number of likely N-dealkylation sites (N-methyl/N-ethyl adjacent to an activating group) is 1. The molecule has 2 heterocycles. The molecule has 0 aromatic carbocycles. The maximum atomic E-state index is 12.4. The number of nitrogens with zero attached hydrogens (tertiary/aromatic N) is 4. The van der Waals surface area contributed by atoms with Crippen molar-refractivity contribution in [1.82, 2.24) is 19.6 Å². The summed E-state index contributed by atoms with van der Waals surface area (Å²) in [7, 11) is 3.99. The molecule has 2 atom stereocenters. The fourth-order valence-electron chi connectivity index (χ4n) is 3.08. The molecule has 118 valence electrons. The third-order valence-corrected chi connectivity index (χ3v) is 4.30. The zero-order valence-electron chi connectivity index (χ0n) is 13.4. The van der Waals surface area contributed by atoms with Gasteiger partial charge in [0, 0.05) is 50.3 Å². The monoisotopic (exact) mass is 294 g/mol.